The van der Waals surface area contributed by atoms with E-state index < -0.39 is 5.60 Å². The monoisotopic (exact) mass is 324 g/mol. The second kappa shape index (κ2) is 7.42. The fraction of sp³-hybridized carbons (Fsp3) is 0.947. The van der Waals surface area contributed by atoms with E-state index in [2.05, 4.69) is 19.2 Å². The van der Waals surface area contributed by atoms with Gasteiger partial charge in [0.15, 0.2) is 0 Å². The van der Waals surface area contributed by atoms with E-state index in [1.165, 1.54) is 32.1 Å². The Balaban J connectivity index is 1.81. The van der Waals surface area contributed by atoms with E-state index >= 15 is 0 Å². The highest BCUT2D eigenvalue weighted by atomic mass is 16.6. The predicted octanol–water partition coefficient (Wildman–Crippen LogP) is 4.19. The fourth-order valence-electron chi connectivity index (χ4n) is 3.91. The highest BCUT2D eigenvalue weighted by molar-refractivity contribution is 5.68. The lowest BCUT2D eigenvalue weighted by Gasteiger charge is -2.41. The van der Waals surface area contributed by atoms with Gasteiger partial charge < -0.3 is 15.0 Å². The Bertz CT molecular complexity index is 401. The lowest BCUT2D eigenvalue weighted by atomic mass is 9.73. The molecule has 0 bridgehead atoms. The topological polar surface area (TPSA) is 41.6 Å². The van der Waals surface area contributed by atoms with Crippen molar-refractivity contribution in [2.24, 2.45) is 11.3 Å². The van der Waals surface area contributed by atoms with Crippen LogP contribution in [0.4, 0.5) is 4.79 Å². The van der Waals surface area contributed by atoms with Crippen molar-refractivity contribution in [1.29, 1.82) is 0 Å². The first kappa shape index (κ1) is 18.6. The van der Waals surface area contributed by atoms with Gasteiger partial charge in [-0.1, -0.05) is 26.7 Å². The van der Waals surface area contributed by atoms with Crippen LogP contribution in [0.25, 0.3) is 0 Å². The van der Waals surface area contributed by atoms with Gasteiger partial charge >= 0.3 is 6.09 Å². The van der Waals surface area contributed by atoms with Gasteiger partial charge in [-0.05, 0) is 64.3 Å². The number of likely N-dealkylation sites (tertiary alicyclic amines) is 1. The minimum atomic E-state index is -0.408. The Kier molecular flexibility index (Phi) is 5.99. The van der Waals surface area contributed by atoms with Crippen molar-refractivity contribution >= 4 is 6.09 Å². The summed E-state index contributed by atoms with van der Waals surface area (Å²) in [5, 5.41) is 3.81. The molecule has 1 heterocycles. The molecule has 0 aromatic rings. The first-order valence-corrected chi connectivity index (χ1v) is 9.39. The Labute approximate surface area is 142 Å². The predicted molar refractivity (Wildman–Crippen MR) is 94.6 cm³/mol. The molecule has 2 unspecified atom stereocenters. The van der Waals surface area contributed by atoms with Crippen LogP contribution < -0.4 is 5.32 Å². The number of amides is 1. The molecule has 23 heavy (non-hydrogen) atoms. The second-order valence-corrected chi connectivity index (χ2v) is 9.13. The third kappa shape index (κ3) is 5.66. The lowest BCUT2D eigenvalue weighted by molar-refractivity contribution is 0.0161. The molecule has 0 aromatic carbocycles. The molecule has 2 rings (SSSR count). The molecule has 2 atom stereocenters. The van der Waals surface area contributed by atoms with Crippen LogP contribution in [-0.2, 0) is 4.74 Å². The largest absolute Gasteiger partial charge is 0.444 e. The zero-order chi connectivity index (χ0) is 17.1. The molecule has 1 amide bonds. The molecule has 1 aliphatic carbocycles. The molecular formula is C19H36N2O2. The van der Waals surface area contributed by atoms with Crippen LogP contribution in [0.2, 0.25) is 0 Å². The molecule has 1 N–H and O–H groups in total. The molecule has 1 saturated heterocycles. The molecule has 2 fully saturated rings. The maximum Gasteiger partial charge on any atom is 0.410 e. The van der Waals surface area contributed by atoms with Crippen LogP contribution in [-0.4, -0.2) is 42.3 Å². The minimum absolute atomic E-state index is 0.153. The molecule has 4 heteroatoms. The van der Waals surface area contributed by atoms with Gasteiger partial charge in [0, 0.05) is 19.1 Å². The quantitative estimate of drug-likeness (QED) is 0.846. The van der Waals surface area contributed by atoms with Crippen molar-refractivity contribution < 1.29 is 9.53 Å². The van der Waals surface area contributed by atoms with Crippen molar-refractivity contribution in [2.75, 3.05) is 19.6 Å². The van der Waals surface area contributed by atoms with Crippen molar-refractivity contribution in [2.45, 2.75) is 84.8 Å². The Hall–Kier alpha value is -0.770. The number of nitrogens with zero attached hydrogens (tertiary/aromatic N) is 1. The SMILES string of the molecule is CC(C)(C)OC(=O)N1CCCC(CNC2CCCCC2(C)C)C1. The van der Waals surface area contributed by atoms with Crippen molar-refractivity contribution in [3.63, 3.8) is 0 Å². The molecule has 0 radical (unpaired) electrons. The van der Waals surface area contributed by atoms with Crippen molar-refractivity contribution in [1.82, 2.24) is 10.2 Å². The van der Waals surface area contributed by atoms with Gasteiger partial charge in [0.2, 0.25) is 0 Å². The summed E-state index contributed by atoms with van der Waals surface area (Å²) in [6.45, 7) is 13.2. The number of piperidine rings is 1. The second-order valence-electron chi connectivity index (χ2n) is 9.13. The third-order valence-electron chi connectivity index (χ3n) is 5.33. The van der Waals surface area contributed by atoms with Crippen LogP contribution in [0.15, 0.2) is 0 Å². The van der Waals surface area contributed by atoms with E-state index in [9.17, 15) is 4.79 Å². The van der Waals surface area contributed by atoms with Gasteiger partial charge in [0.05, 0.1) is 0 Å². The zero-order valence-corrected chi connectivity index (χ0v) is 15.8. The van der Waals surface area contributed by atoms with E-state index in [1.807, 2.05) is 25.7 Å². The molecule has 0 spiro atoms. The molecule has 2 aliphatic rings. The highest BCUT2D eigenvalue weighted by Gasteiger charge is 2.33. The molecule has 1 saturated carbocycles. The smallest absolute Gasteiger partial charge is 0.410 e. The number of rotatable bonds is 3. The number of carbonyl (C=O) groups is 1. The summed E-state index contributed by atoms with van der Waals surface area (Å²) >= 11 is 0. The summed E-state index contributed by atoms with van der Waals surface area (Å²) in [7, 11) is 0. The average molecular weight is 325 g/mol. The summed E-state index contributed by atoms with van der Waals surface area (Å²) in [6.07, 6.45) is 7.45. The molecule has 1 aliphatic heterocycles. The third-order valence-corrected chi connectivity index (χ3v) is 5.33. The highest BCUT2D eigenvalue weighted by Crippen LogP contribution is 2.35. The number of hydrogen-bond acceptors (Lipinski definition) is 3. The summed E-state index contributed by atoms with van der Waals surface area (Å²) in [5.41, 5.74) is -0.00777. The van der Waals surface area contributed by atoms with Crippen LogP contribution in [0.5, 0.6) is 0 Å². The number of carbonyl (C=O) groups excluding carboxylic acids is 1. The standard InChI is InChI=1S/C19H36N2O2/c1-18(2,3)23-17(22)21-12-8-9-15(14-21)13-20-16-10-6-7-11-19(16,4)5/h15-16,20H,6-14H2,1-5H3. The van der Waals surface area contributed by atoms with E-state index in [-0.39, 0.29) is 6.09 Å². The number of hydrogen-bond donors (Lipinski definition) is 1. The Morgan fingerprint density at radius 2 is 1.96 bits per heavy atom. The zero-order valence-electron chi connectivity index (χ0n) is 15.8. The summed E-state index contributed by atoms with van der Waals surface area (Å²) < 4.78 is 5.52. The molecular weight excluding hydrogens is 288 g/mol. The average Bonchev–Trinajstić information content (AvgIpc) is 2.44. The first-order chi connectivity index (χ1) is 10.7. The van der Waals surface area contributed by atoms with Crippen LogP contribution in [0, 0.1) is 11.3 Å². The van der Waals surface area contributed by atoms with Crippen molar-refractivity contribution in [3.8, 4) is 0 Å². The molecule has 4 nitrogen and oxygen atoms in total. The minimum Gasteiger partial charge on any atom is -0.444 e. The summed E-state index contributed by atoms with van der Waals surface area (Å²) in [6, 6.07) is 0.619. The summed E-state index contributed by atoms with van der Waals surface area (Å²) in [5.74, 6) is 0.550. The van der Waals surface area contributed by atoms with E-state index in [0.717, 1.165) is 26.1 Å². The first-order valence-electron chi connectivity index (χ1n) is 9.39. The maximum atomic E-state index is 12.3. The van der Waals surface area contributed by atoms with Crippen LogP contribution in [0.3, 0.4) is 0 Å². The Morgan fingerprint density at radius 1 is 1.22 bits per heavy atom. The lowest BCUT2D eigenvalue weighted by Crippen LogP contribution is -2.49. The van der Waals surface area contributed by atoms with E-state index in [0.29, 0.717) is 17.4 Å². The van der Waals surface area contributed by atoms with Gasteiger partial charge in [-0.25, -0.2) is 4.79 Å². The van der Waals surface area contributed by atoms with E-state index in [4.69, 9.17) is 4.74 Å². The number of ether oxygens (including phenoxy) is 1. The fourth-order valence-corrected chi connectivity index (χ4v) is 3.91. The maximum absolute atomic E-state index is 12.3. The summed E-state index contributed by atoms with van der Waals surface area (Å²) in [4.78, 5) is 14.1. The molecule has 134 valence electrons. The molecule has 0 aromatic heterocycles. The number of nitrogens with one attached hydrogen (secondary N) is 1. The van der Waals surface area contributed by atoms with Gasteiger partial charge in [0.1, 0.15) is 5.60 Å². The van der Waals surface area contributed by atoms with E-state index in [1.54, 1.807) is 0 Å². The van der Waals surface area contributed by atoms with Gasteiger partial charge in [-0.2, -0.15) is 0 Å². The van der Waals surface area contributed by atoms with Gasteiger partial charge in [0.25, 0.3) is 0 Å². The van der Waals surface area contributed by atoms with Crippen LogP contribution >= 0.6 is 0 Å². The van der Waals surface area contributed by atoms with Crippen molar-refractivity contribution in [3.05, 3.63) is 0 Å². The Morgan fingerprint density at radius 3 is 2.61 bits per heavy atom. The normalized spacial score (nSPS) is 28.5. The van der Waals surface area contributed by atoms with Crippen LogP contribution in [0.1, 0.15) is 73.1 Å². The van der Waals surface area contributed by atoms with Gasteiger partial charge in [-0.3, -0.25) is 0 Å². The van der Waals surface area contributed by atoms with Gasteiger partial charge in [-0.15, -0.1) is 0 Å².